The fourth-order valence-electron chi connectivity index (χ4n) is 4.67. The molecule has 1 unspecified atom stereocenters. The normalized spacial score (nSPS) is 18.9. The Hall–Kier alpha value is -2.11. The molecule has 1 aliphatic carbocycles. The number of carbonyl (C=O) groups excluding carboxylic acids is 2. The number of hydrogen-bond donors (Lipinski definition) is 1. The molecule has 6 nitrogen and oxygen atoms in total. The van der Waals surface area contributed by atoms with E-state index in [0.717, 1.165) is 57.2 Å². The smallest absolute Gasteiger partial charge is 0.253 e. The molecular weight excluding hydrogens is 376 g/mol. The summed E-state index contributed by atoms with van der Waals surface area (Å²) in [5, 5.41) is 3.01. The molecule has 2 aliphatic rings. The topological polar surface area (TPSA) is 65.5 Å². The first-order chi connectivity index (χ1) is 14.6. The van der Waals surface area contributed by atoms with Gasteiger partial charge in [0.05, 0.1) is 5.56 Å². The molecule has 1 saturated carbocycles. The highest BCUT2D eigenvalue weighted by atomic mass is 16.2. The van der Waals surface area contributed by atoms with E-state index in [2.05, 4.69) is 22.1 Å². The molecule has 1 atom stereocenters. The Morgan fingerprint density at radius 2 is 1.87 bits per heavy atom. The predicted octanol–water partition coefficient (Wildman–Crippen LogP) is 4.01. The second-order valence-electron chi connectivity index (χ2n) is 8.98. The van der Waals surface area contributed by atoms with Crippen molar-refractivity contribution in [2.45, 2.75) is 77.7 Å². The Morgan fingerprint density at radius 1 is 1.13 bits per heavy atom. The molecule has 2 heterocycles. The van der Waals surface area contributed by atoms with E-state index in [-0.39, 0.29) is 11.9 Å². The SMILES string of the molecule is CCCC(C)NC(=O)c1ccc(N2CCN(C(=O)CCC3CCCCC3)CC2)nc1. The maximum atomic E-state index is 12.6. The van der Waals surface area contributed by atoms with Crippen molar-refractivity contribution < 1.29 is 9.59 Å². The van der Waals surface area contributed by atoms with Crippen LogP contribution in [-0.4, -0.2) is 53.9 Å². The quantitative estimate of drug-likeness (QED) is 0.698. The molecule has 0 spiro atoms. The van der Waals surface area contributed by atoms with E-state index >= 15 is 0 Å². The van der Waals surface area contributed by atoms with E-state index in [1.54, 1.807) is 6.20 Å². The Morgan fingerprint density at radius 3 is 2.50 bits per heavy atom. The molecule has 2 fully saturated rings. The van der Waals surface area contributed by atoms with Gasteiger partial charge in [-0.05, 0) is 37.8 Å². The zero-order valence-corrected chi connectivity index (χ0v) is 18.7. The molecule has 1 saturated heterocycles. The number of pyridine rings is 1. The van der Waals surface area contributed by atoms with Gasteiger partial charge in [-0.3, -0.25) is 9.59 Å². The summed E-state index contributed by atoms with van der Waals surface area (Å²) in [6, 6.07) is 3.93. The van der Waals surface area contributed by atoms with Gasteiger partial charge in [0.1, 0.15) is 5.82 Å². The van der Waals surface area contributed by atoms with Crippen molar-refractivity contribution in [3.63, 3.8) is 0 Å². The summed E-state index contributed by atoms with van der Waals surface area (Å²) in [6.07, 6.45) is 12.1. The monoisotopic (exact) mass is 414 g/mol. The van der Waals surface area contributed by atoms with Crippen LogP contribution in [0.3, 0.4) is 0 Å². The van der Waals surface area contributed by atoms with Crippen LogP contribution >= 0.6 is 0 Å². The standard InChI is InChI=1S/C24H38N4O2/c1-3-7-19(2)26-24(30)21-11-12-22(25-18-21)27-14-16-28(17-15-27)23(29)13-10-20-8-5-4-6-9-20/h11-12,18-20H,3-10,13-17H2,1-2H3,(H,26,30). The Bertz CT molecular complexity index is 677. The van der Waals surface area contributed by atoms with Crippen molar-refractivity contribution >= 4 is 17.6 Å². The molecule has 0 radical (unpaired) electrons. The second-order valence-corrected chi connectivity index (χ2v) is 8.98. The van der Waals surface area contributed by atoms with Crippen molar-refractivity contribution in [3.05, 3.63) is 23.9 Å². The number of amides is 2. The maximum Gasteiger partial charge on any atom is 0.253 e. The summed E-state index contributed by atoms with van der Waals surface area (Å²) < 4.78 is 0. The van der Waals surface area contributed by atoms with Crippen LogP contribution in [0.15, 0.2) is 18.3 Å². The molecule has 1 aromatic rings. The summed E-state index contributed by atoms with van der Waals surface area (Å²) in [5.41, 5.74) is 0.596. The van der Waals surface area contributed by atoms with Gasteiger partial charge in [0.2, 0.25) is 5.91 Å². The van der Waals surface area contributed by atoms with Gasteiger partial charge in [-0.25, -0.2) is 4.98 Å². The lowest BCUT2D eigenvalue weighted by atomic mass is 9.86. The minimum absolute atomic E-state index is 0.0663. The van der Waals surface area contributed by atoms with Crippen LogP contribution in [0.4, 0.5) is 5.82 Å². The number of rotatable bonds is 8. The highest BCUT2D eigenvalue weighted by Crippen LogP contribution is 2.27. The van der Waals surface area contributed by atoms with Gasteiger partial charge in [-0.15, -0.1) is 0 Å². The molecule has 1 aliphatic heterocycles. The lowest BCUT2D eigenvalue weighted by Gasteiger charge is -2.35. The Labute approximate surface area is 181 Å². The number of aromatic nitrogens is 1. The number of piperazine rings is 1. The van der Waals surface area contributed by atoms with Crippen molar-refractivity contribution in [1.29, 1.82) is 0 Å². The first-order valence-corrected chi connectivity index (χ1v) is 11.9. The van der Waals surface area contributed by atoms with Gasteiger partial charge in [0.15, 0.2) is 0 Å². The lowest BCUT2D eigenvalue weighted by molar-refractivity contribution is -0.131. The summed E-state index contributed by atoms with van der Waals surface area (Å²) in [7, 11) is 0. The third kappa shape index (κ3) is 6.44. The van der Waals surface area contributed by atoms with Crippen LogP contribution in [-0.2, 0) is 4.79 Å². The molecule has 1 N–H and O–H groups in total. The van der Waals surface area contributed by atoms with Crippen molar-refractivity contribution in [2.75, 3.05) is 31.1 Å². The van der Waals surface area contributed by atoms with Crippen LogP contribution < -0.4 is 10.2 Å². The molecule has 166 valence electrons. The van der Waals surface area contributed by atoms with Crippen LogP contribution in [0.25, 0.3) is 0 Å². The van der Waals surface area contributed by atoms with Gasteiger partial charge in [-0.1, -0.05) is 45.4 Å². The lowest BCUT2D eigenvalue weighted by Crippen LogP contribution is -2.49. The molecule has 30 heavy (non-hydrogen) atoms. The average molecular weight is 415 g/mol. The predicted molar refractivity (Wildman–Crippen MR) is 121 cm³/mol. The van der Waals surface area contributed by atoms with Crippen LogP contribution in [0.5, 0.6) is 0 Å². The van der Waals surface area contributed by atoms with Gasteiger partial charge < -0.3 is 15.1 Å². The second kappa shape index (κ2) is 11.3. The number of nitrogens with one attached hydrogen (secondary N) is 1. The van der Waals surface area contributed by atoms with Gasteiger partial charge in [0.25, 0.3) is 5.91 Å². The fourth-order valence-corrected chi connectivity index (χ4v) is 4.67. The molecule has 2 amide bonds. The van der Waals surface area contributed by atoms with Crippen LogP contribution in [0, 0.1) is 5.92 Å². The summed E-state index contributed by atoms with van der Waals surface area (Å²) in [6.45, 7) is 7.23. The highest BCUT2D eigenvalue weighted by molar-refractivity contribution is 5.94. The number of anilines is 1. The van der Waals surface area contributed by atoms with Crippen LogP contribution in [0.1, 0.15) is 82.0 Å². The van der Waals surface area contributed by atoms with E-state index in [4.69, 9.17) is 0 Å². The van der Waals surface area contributed by atoms with E-state index in [9.17, 15) is 9.59 Å². The molecule has 0 aromatic carbocycles. The van der Waals surface area contributed by atoms with Crippen molar-refractivity contribution in [2.24, 2.45) is 5.92 Å². The van der Waals surface area contributed by atoms with E-state index in [1.807, 2.05) is 24.0 Å². The van der Waals surface area contributed by atoms with Gasteiger partial charge >= 0.3 is 0 Å². The van der Waals surface area contributed by atoms with Crippen molar-refractivity contribution in [3.8, 4) is 0 Å². The molecular formula is C24H38N4O2. The molecule has 6 heteroatoms. The average Bonchev–Trinajstić information content (AvgIpc) is 2.78. The largest absolute Gasteiger partial charge is 0.353 e. The Kier molecular flexibility index (Phi) is 8.52. The first-order valence-electron chi connectivity index (χ1n) is 11.9. The Balaban J connectivity index is 1.43. The molecule has 3 rings (SSSR count). The summed E-state index contributed by atoms with van der Waals surface area (Å²) in [4.78, 5) is 33.6. The van der Waals surface area contributed by atoms with Crippen molar-refractivity contribution in [1.82, 2.24) is 15.2 Å². The highest BCUT2D eigenvalue weighted by Gasteiger charge is 2.23. The zero-order valence-electron chi connectivity index (χ0n) is 18.7. The van der Waals surface area contributed by atoms with E-state index < -0.39 is 0 Å². The van der Waals surface area contributed by atoms with Crippen LogP contribution in [0.2, 0.25) is 0 Å². The van der Waals surface area contributed by atoms with Gasteiger partial charge in [0, 0.05) is 44.8 Å². The van der Waals surface area contributed by atoms with Gasteiger partial charge in [-0.2, -0.15) is 0 Å². The van der Waals surface area contributed by atoms with E-state index in [0.29, 0.717) is 17.9 Å². The minimum Gasteiger partial charge on any atom is -0.353 e. The summed E-state index contributed by atoms with van der Waals surface area (Å²) in [5.74, 6) is 1.88. The first kappa shape index (κ1) is 22.6. The number of carbonyl (C=O) groups is 2. The minimum atomic E-state index is -0.0663. The summed E-state index contributed by atoms with van der Waals surface area (Å²) >= 11 is 0. The molecule has 0 bridgehead atoms. The maximum absolute atomic E-state index is 12.6. The third-order valence-electron chi connectivity index (χ3n) is 6.56. The number of hydrogen-bond acceptors (Lipinski definition) is 4. The number of nitrogens with zero attached hydrogens (tertiary/aromatic N) is 3. The molecule has 1 aromatic heterocycles. The fraction of sp³-hybridized carbons (Fsp3) is 0.708. The zero-order chi connectivity index (χ0) is 21.3. The third-order valence-corrected chi connectivity index (χ3v) is 6.56. The van der Waals surface area contributed by atoms with E-state index in [1.165, 1.54) is 32.1 Å².